The van der Waals surface area contributed by atoms with E-state index in [1.54, 1.807) is 0 Å². The van der Waals surface area contributed by atoms with E-state index in [4.69, 9.17) is 0 Å². The molecule has 2 bridgehead atoms. The highest BCUT2D eigenvalue weighted by Crippen LogP contribution is 2.32. The van der Waals surface area contributed by atoms with Gasteiger partial charge in [-0.1, -0.05) is 13.3 Å². The second-order valence-electron chi connectivity index (χ2n) is 4.16. The second-order valence-corrected chi connectivity index (χ2v) is 4.16. The minimum Gasteiger partial charge on any atom is -0.303 e. The molecule has 0 spiro atoms. The molecule has 64 valence electrons. The third kappa shape index (κ3) is 1.44. The average molecular weight is 153 g/mol. The summed E-state index contributed by atoms with van der Waals surface area (Å²) in [6.07, 6.45) is 5.86. The van der Waals surface area contributed by atoms with E-state index in [1.165, 1.54) is 45.3 Å². The van der Waals surface area contributed by atoms with Gasteiger partial charge in [0.15, 0.2) is 0 Å². The first kappa shape index (κ1) is 7.60. The molecule has 2 aliphatic rings. The fourth-order valence-corrected chi connectivity index (χ4v) is 2.80. The van der Waals surface area contributed by atoms with Gasteiger partial charge in [-0.25, -0.2) is 0 Å². The number of piperidine rings is 2. The lowest BCUT2D eigenvalue weighted by atomic mass is 9.79. The molecule has 0 aromatic carbocycles. The van der Waals surface area contributed by atoms with Gasteiger partial charge >= 0.3 is 0 Å². The highest BCUT2D eigenvalue weighted by atomic mass is 15.1. The van der Waals surface area contributed by atoms with Crippen LogP contribution < -0.4 is 0 Å². The highest BCUT2D eigenvalue weighted by Gasteiger charge is 2.30. The van der Waals surface area contributed by atoms with Gasteiger partial charge in [0.2, 0.25) is 0 Å². The van der Waals surface area contributed by atoms with Crippen LogP contribution in [0.3, 0.4) is 0 Å². The Labute approximate surface area is 69.8 Å². The van der Waals surface area contributed by atoms with Crippen molar-refractivity contribution in [2.75, 3.05) is 19.6 Å². The van der Waals surface area contributed by atoms with Crippen LogP contribution in [0.4, 0.5) is 0 Å². The molecule has 11 heavy (non-hydrogen) atoms. The molecule has 0 amide bonds. The van der Waals surface area contributed by atoms with Crippen molar-refractivity contribution < 1.29 is 0 Å². The number of hydrogen-bond donors (Lipinski definition) is 0. The highest BCUT2D eigenvalue weighted by molar-refractivity contribution is 4.83. The zero-order chi connectivity index (χ0) is 7.68. The van der Waals surface area contributed by atoms with Gasteiger partial charge in [0.1, 0.15) is 0 Å². The summed E-state index contributed by atoms with van der Waals surface area (Å²) in [5, 5.41) is 0. The molecule has 2 aliphatic heterocycles. The molecule has 3 unspecified atom stereocenters. The van der Waals surface area contributed by atoms with Crippen LogP contribution in [0, 0.1) is 11.8 Å². The van der Waals surface area contributed by atoms with E-state index in [0.29, 0.717) is 0 Å². The Kier molecular flexibility index (Phi) is 2.17. The first-order chi connectivity index (χ1) is 5.40. The van der Waals surface area contributed by atoms with E-state index < -0.39 is 0 Å². The summed E-state index contributed by atoms with van der Waals surface area (Å²) in [6.45, 7) is 6.54. The van der Waals surface area contributed by atoms with Gasteiger partial charge in [0, 0.05) is 6.54 Å². The van der Waals surface area contributed by atoms with Crippen molar-refractivity contribution in [3.8, 4) is 0 Å². The summed E-state index contributed by atoms with van der Waals surface area (Å²) in [4.78, 5) is 2.65. The Morgan fingerprint density at radius 2 is 2.18 bits per heavy atom. The van der Waals surface area contributed by atoms with Crippen LogP contribution in [0.5, 0.6) is 0 Å². The fraction of sp³-hybridized carbons (Fsp3) is 1.00. The van der Waals surface area contributed by atoms with Crippen LogP contribution in [0.25, 0.3) is 0 Å². The Morgan fingerprint density at radius 1 is 1.27 bits per heavy atom. The van der Waals surface area contributed by atoms with Gasteiger partial charge < -0.3 is 4.90 Å². The van der Waals surface area contributed by atoms with Gasteiger partial charge in [-0.3, -0.25) is 0 Å². The van der Waals surface area contributed by atoms with E-state index in [1.807, 2.05) is 0 Å². The van der Waals surface area contributed by atoms with Crippen molar-refractivity contribution in [1.82, 2.24) is 4.90 Å². The van der Waals surface area contributed by atoms with Crippen molar-refractivity contribution >= 4 is 0 Å². The van der Waals surface area contributed by atoms with E-state index in [2.05, 4.69) is 11.8 Å². The molecule has 3 atom stereocenters. The van der Waals surface area contributed by atoms with Crippen molar-refractivity contribution in [3.05, 3.63) is 0 Å². The summed E-state index contributed by atoms with van der Waals surface area (Å²) >= 11 is 0. The first-order valence-electron chi connectivity index (χ1n) is 5.12. The van der Waals surface area contributed by atoms with Gasteiger partial charge in [-0.15, -0.1) is 0 Å². The zero-order valence-corrected chi connectivity index (χ0v) is 7.55. The van der Waals surface area contributed by atoms with E-state index >= 15 is 0 Å². The molecule has 1 nitrogen and oxygen atoms in total. The first-order valence-corrected chi connectivity index (χ1v) is 5.12. The van der Waals surface area contributed by atoms with E-state index in [-0.39, 0.29) is 0 Å². The maximum atomic E-state index is 2.65. The second kappa shape index (κ2) is 3.14. The SMILES string of the molecule is CCC1CCN2CCCC1C2. The average Bonchev–Trinajstić information content (AvgIpc) is 2.06. The lowest BCUT2D eigenvalue weighted by Gasteiger charge is -2.42. The molecule has 2 rings (SSSR count). The lowest BCUT2D eigenvalue weighted by molar-refractivity contribution is 0.0722. The van der Waals surface area contributed by atoms with E-state index in [9.17, 15) is 0 Å². The number of rotatable bonds is 1. The number of hydrogen-bond acceptors (Lipinski definition) is 1. The monoisotopic (exact) mass is 153 g/mol. The van der Waals surface area contributed by atoms with E-state index in [0.717, 1.165) is 11.8 Å². The van der Waals surface area contributed by atoms with Crippen molar-refractivity contribution in [3.63, 3.8) is 0 Å². The number of fused-ring (bicyclic) bond motifs is 2. The molecule has 2 fully saturated rings. The normalized spacial score (nSPS) is 43.9. The Bertz CT molecular complexity index is 133. The van der Waals surface area contributed by atoms with Crippen LogP contribution in [0.2, 0.25) is 0 Å². The Hall–Kier alpha value is -0.0400. The summed E-state index contributed by atoms with van der Waals surface area (Å²) in [6, 6.07) is 0. The van der Waals surface area contributed by atoms with Gasteiger partial charge in [0.05, 0.1) is 0 Å². The van der Waals surface area contributed by atoms with Crippen molar-refractivity contribution in [1.29, 1.82) is 0 Å². The minimum absolute atomic E-state index is 1.06. The molecule has 2 heterocycles. The lowest BCUT2D eigenvalue weighted by Crippen LogP contribution is -2.44. The summed E-state index contributed by atoms with van der Waals surface area (Å²) in [5.41, 5.74) is 0. The van der Waals surface area contributed by atoms with Crippen LogP contribution in [0.1, 0.15) is 32.6 Å². The molecule has 0 N–H and O–H groups in total. The van der Waals surface area contributed by atoms with Crippen molar-refractivity contribution in [2.45, 2.75) is 32.6 Å². The number of nitrogens with zero attached hydrogens (tertiary/aromatic N) is 1. The maximum Gasteiger partial charge on any atom is 0.00123 e. The summed E-state index contributed by atoms with van der Waals surface area (Å²) in [5.74, 6) is 2.12. The van der Waals surface area contributed by atoms with Gasteiger partial charge in [-0.05, 0) is 44.2 Å². The zero-order valence-electron chi connectivity index (χ0n) is 7.55. The quantitative estimate of drug-likeness (QED) is 0.558. The largest absolute Gasteiger partial charge is 0.303 e. The predicted octanol–water partition coefficient (Wildman–Crippen LogP) is 2.13. The standard InChI is InChI=1S/C10H19N/c1-2-9-5-7-11-6-3-4-10(9)8-11/h9-10H,2-8H2,1H3. The summed E-state index contributed by atoms with van der Waals surface area (Å²) in [7, 11) is 0. The molecule has 0 saturated carbocycles. The molecule has 0 aliphatic carbocycles. The smallest absolute Gasteiger partial charge is 0.00123 e. The molecule has 0 aromatic heterocycles. The Balaban J connectivity index is 1.97. The summed E-state index contributed by atoms with van der Waals surface area (Å²) < 4.78 is 0. The van der Waals surface area contributed by atoms with Gasteiger partial charge in [-0.2, -0.15) is 0 Å². The van der Waals surface area contributed by atoms with Crippen LogP contribution in [-0.2, 0) is 0 Å². The van der Waals surface area contributed by atoms with Gasteiger partial charge in [0.25, 0.3) is 0 Å². The topological polar surface area (TPSA) is 3.24 Å². The van der Waals surface area contributed by atoms with Crippen LogP contribution in [-0.4, -0.2) is 24.5 Å². The molecular formula is C10H19N. The molecule has 0 radical (unpaired) electrons. The van der Waals surface area contributed by atoms with Crippen LogP contribution >= 0.6 is 0 Å². The predicted molar refractivity (Wildman–Crippen MR) is 47.6 cm³/mol. The fourth-order valence-electron chi connectivity index (χ4n) is 2.80. The maximum absolute atomic E-state index is 2.65. The van der Waals surface area contributed by atoms with Crippen molar-refractivity contribution in [2.24, 2.45) is 11.8 Å². The molecular weight excluding hydrogens is 134 g/mol. The third-order valence-electron chi connectivity index (χ3n) is 3.55. The molecule has 1 heteroatoms. The molecule has 2 saturated heterocycles. The van der Waals surface area contributed by atoms with Crippen LogP contribution in [0.15, 0.2) is 0 Å². The Morgan fingerprint density at radius 3 is 3.00 bits per heavy atom. The third-order valence-corrected chi connectivity index (χ3v) is 3.55. The minimum atomic E-state index is 1.06. The molecule has 0 aromatic rings.